The standard InChI is InChI=1S/C13H24N4O/c1-4-17-13(15-9-16-17)8-12(18)10(2)6-5-7-11(3)14/h9-11H,4-8,14H2,1-3H3. The van der Waals surface area contributed by atoms with Crippen LogP contribution in [0.5, 0.6) is 0 Å². The van der Waals surface area contributed by atoms with Crippen molar-refractivity contribution < 1.29 is 4.79 Å². The number of hydrogen-bond acceptors (Lipinski definition) is 4. The van der Waals surface area contributed by atoms with Crippen molar-refractivity contribution >= 4 is 5.78 Å². The Morgan fingerprint density at radius 2 is 2.17 bits per heavy atom. The molecule has 0 fully saturated rings. The lowest BCUT2D eigenvalue weighted by atomic mass is 9.96. The maximum atomic E-state index is 12.0. The molecule has 2 N–H and O–H groups in total. The molecule has 0 aliphatic rings. The molecule has 2 unspecified atom stereocenters. The Labute approximate surface area is 109 Å². The summed E-state index contributed by atoms with van der Waals surface area (Å²) in [6, 6.07) is 0.218. The molecule has 0 aliphatic carbocycles. The quantitative estimate of drug-likeness (QED) is 0.762. The summed E-state index contributed by atoms with van der Waals surface area (Å²) in [7, 11) is 0. The number of aryl methyl sites for hydroxylation is 1. The summed E-state index contributed by atoms with van der Waals surface area (Å²) in [5.74, 6) is 1.08. The molecular weight excluding hydrogens is 228 g/mol. The van der Waals surface area contributed by atoms with Gasteiger partial charge in [0.2, 0.25) is 0 Å². The molecule has 0 aliphatic heterocycles. The van der Waals surface area contributed by atoms with Gasteiger partial charge < -0.3 is 5.73 Å². The molecule has 0 saturated carbocycles. The van der Waals surface area contributed by atoms with E-state index in [-0.39, 0.29) is 17.7 Å². The van der Waals surface area contributed by atoms with E-state index in [0.717, 1.165) is 31.6 Å². The first-order chi connectivity index (χ1) is 8.54. The van der Waals surface area contributed by atoms with Crippen LogP contribution in [-0.2, 0) is 17.8 Å². The molecule has 1 rings (SSSR count). The second kappa shape index (κ2) is 7.26. The van der Waals surface area contributed by atoms with Crippen LogP contribution in [0.2, 0.25) is 0 Å². The van der Waals surface area contributed by atoms with Crippen LogP contribution < -0.4 is 5.73 Å². The van der Waals surface area contributed by atoms with Crippen molar-refractivity contribution in [2.45, 2.75) is 59.0 Å². The van der Waals surface area contributed by atoms with Gasteiger partial charge in [0.25, 0.3) is 0 Å². The van der Waals surface area contributed by atoms with Crippen LogP contribution in [-0.4, -0.2) is 26.6 Å². The number of carbonyl (C=O) groups excluding carboxylic acids is 1. The first-order valence-corrected chi connectivity index (χ1v) is 6.69. The molecule has 2 atom stereocenters. The largest absolute Gasteiger partial charge is 0.328 e. The van der Waals surface area contributed by atoms with Crippen LogP contribution in [0.15, 0.2) is 6.33 Å². The molecule has 0 saturated heterocycles. The normalized spacial score (nSPS) is 14.4. The Morgan fingerprint density at radius 3 is 2.78 bits per heavy atom. The first kappa shape index (κ1) is 14.8. The fourth-order valence-corrected chi connectivity index (χ4v) is 1.93. The zero-order chi connectivity index (χ0) is 13.5. The SMILES string of the molecule is CCn1ncnc1CC(=O)C(C)CCCC(C)N. The highest BCUT2D eigenvalue weighted by atomic mass is 16.1. The molecule has 18 heavy (non-hydrogen) atoms. The van der Waals surface area contributed by atoms with Crippen molar-refractivity contribution in [3.63, 3.8) is 0 Å². The number of carbonyl (C=O) groups is 1. The van der Waals surface area contributed by atoms with Gasteiger partial charge >= 0.3 is 0 Å². The van der Waals surface area contributed by atoms with Gasteiger partial charge in [-0.1, -0.05) is 13.3 Å². The van der Waals surface area contributed by atoms with Gasteiger partial charge in [-0.3, -0.25) is 4.79 Å². The molecule has 0 spiro atoms. The Bertz CT molecular complexity index is 373. The molecule has 5 heteroatoms. The van der Waals surface area contributed by atoms with Crippen LogP contribution in [0.1, 0.15) is 45.9 Å². The second-order valence-corrected chi connectivity index (χ2v) is 4.94. The monoisotopic (exact) mass is 252 g/mol. The molecule has 0 radical (unpaired) electrons. The molecular formula is C13H24N4O. The van der Waals surface area contributed by atoms with Crippen molar-refractivity contribution in [2.24, 2.45) is 11.7 Å². The molecule has 102 valence electrons. The van der Waals surface area contributed by atoms with Crippen molar-refractivity contribution in [3.8, 4) is 0 Å². The average Bonchev–Trinajstić information content (AvgIpc) is 2.75. The summed E-state index contributed by atoms with van der Waals surface area (Å²) in [5, 5.41) is 4.07. The van der Waals surface area contributed by atoms with Crippen LogP contribution in [0.25, 0.3) is 0 Å². The number of rotatable bonds is 8. The van der Waals surface area contributed by atoms with E-state index in [1.54, 1.807) is 4.68 Å². The third kappa shape index (κ3) is 4.56. The summed E-state index contributed by atoms with van der Waals surface area (Å²) in [5.41, 5.74) is 5.70. The highest BCUT2D eigenvalue weighted by Gasteiger charge is 2.16. The minimum Gasteiger partial charge on any atom is -0.328 e. The first-order valence-electron chi connectivity index (χ1n) is 6.69. The lowest BCUT2D eigenvalue weighted by molar-refractivity contribution is -0.122. The molecule has 0 bridgehead atoms. The van der Waals surface area contributed by atoms with Crippen molar-refractivity contribution in [3.05, 3.63) is 12.2 Å². The lowest BCUT2D eigenvalue weighted by Gasteiger charge is -2.11. The van der Waals surface area contributed by atoms with E-state index in [1.165, 1.54) is 6.33 Å². The fourth-order valence-electron chi connectivity index (χ4n) is 1.93. The number of Topliss-reactive ketones (excluding diaryl/α,β-unsaturated/α-hetero) is 1. The summed E-state index contributed by atoms with van der Waals surface area (Å²) < 4.78 is 1.77. The van der Waals surface area contributed by atoms with E-state index in [1.807, 2.05) is 20.8 Å². The van der Waals surface area contributed by atoms with Gasteiger partial charge in [-0.05, 0) is 26.7 Å². The molecule has 1 heterocycles. The maximum Gasteiger partial charge on any atom is 0.143 e. The third-order valence-electron chi connectivity index (χ3n) is 3.17. The van der Waals surface area contributed by atoms with Gasteiger partial charge in [0, 0.05) is 18.5 Å². The fraction of sp³-hybridized carbons (Fsp3) is 0.769. The summed E-state index contributed by atoms with van der Waals surface area (Å²) >= 11 is 0. The van der Waals surface area contributed by atoms with E-state index >= 15 is 0 Å². The highest BCUT2D eigenvalue weighted by molar-refractivity contribution is 5.82. The van der Waals surface area contributed by atoms with Gasteiger partial charge in [-0.25, -0.2) is 9.67 Å². The van der Waals surface area contributed by atoms with E-state index in [2.05, 4.69) is 10.1 Å². The van der Waals surface area contributed by atoms with Crippen molar-refractivity contribution in [1.82, 2.24) is 14.8 Å². The van der Waals surface area contributed by atoms with E-state index < -0.39 is 0 Å². The van der Waals surface area contributed by atoms with Gasteiger partial charge in [0.05, 0.1) is 6.42 Å². The number of nitrogens with zero attached hydrogens (tertiary/aromatic N) is 3. The number of ketones is 1. The van der Waals surface area contributed by atoms with Gasteiger partial charge in [0.15, 0.2) is 0 Å². The predicted octanol–water partition coefficient (Wildman–Crippen LogP) is 1.56. The Kier molecular flexibility index (Phi) is 5.98. The molecule has 1 aromatic heterocycles. The zero-order valence-electron chi connectivity index (χ0n) is 11.6. The maximum absolute atomic E-state index is 12.0. The van der Waals surface area contributed by atoms with Gasteiger partial charge in [0.1, 0.15) is 17.9 Å². The van der Waals surface area contributed by atoms with Crippen molar-refractivity contribution in [1.29, 1.82) is 0 Å². The second-order valence-electron chi connectivity index (χ2n) is 4.94. The van der Waals surface area contributed by atoms with Crippen LogP contribution in [0, 0.1) is 5.92 Å². The third-order valence-corrected chi connectivity index (χ3v) is 3.17. The Balaban J connectivity index is 2.40. The summed E-state index contributed by atoms with van der Waals surface area (Å²) in [6.45, 7) is 6.72. The van der Waals surface area contributed by atoms with Crippen LogP contribution in [0.3, 0.4) is 0 Å². The Hall–Kier alpha value is -1.23. The Morgan fingerprint density at radius 1 is 1.44 bits per heavy atom. The van der Waals surface area contributed by atoms with E-state index in [4.69, 9.17) is 5.73 Å². The smallest absolute Gasteiger partial charge is 0.143 e. The molecule has 0 aromatic carbocycles. The average molecular weight is 252 g/mol. The molecule has 5 nitrogen and oxygen atoms in total. The topological polar surface area (TPSA) is 73.8 Å². The van der Waals surface area contributed by atoms with E-state index in [9.17, 15) is 4.79 Å². The minimum atomic E-state index is 0.0748. The van der Waals surface area contributed by atoms with E-state index in [0.29, 0.717) is 6.42 Å². The summed E-state index contributed by atoms with van der Waals surface area (Å²) in [4.78, 5) is 16.2. The van der Waals surface area contributed by atoms with Gasteiger partial charge in [-0.15, -0.1) is 0 Å². The molecule has 1 aromatic rings. The van der Waals surface area contributed by atoms with Gasteiger partial charge in [-0.2, -0.15) is 5.10 Å². The zero-order valence-corrected chi connectivity index (χ0v) is 11.6. The summed E-state index contributed by atoms with van der Waals surface area (Å²) in [6.07, 6.45) is 4.77. The number of nitrogens with two attached hydrogens (primary N) is 1. The minimum absolute atomic E-state index is 0.0748. The number of aromatic nitrogens is 3. The van der Waals surface area contributed by atoms with Crippen LogP contribution in [0.4, 0.5) is 0 Å². The lowest BCUT2D eigenvalue weighted by Crippen LogP contribution is -2.19. The van der Waals surface area contributed by atoms with Crippen molar-refractivity contribution in [2.75, 3.05) is 0 Å². The number of hydrogen-bond donors (Lipinski definition) is 1. The van der Waals surface area contributed by atoms with Crippen LogP contribution >= 0.6 is 0 Å². The molecule has 0 amide bonds. The highest BCUT2D eigenvalue weighted by Crippen LogP contribution is 2.12. The predicted molar refractivity (Wildman–Crippen MR) is 71.1 cm³/mol.